The number of hydrogen-bond donors (Lipinski definition) is 1. The van der Waals surface area contributed by atoms with Crippen molar-refractivity contribution in [3.8, 4) is 5.75 Å². The first-order chi connectivity index (χ1) is 9.47. The summed E-state index contributed by atoms with van der Waals surface area (Å²) in [5.74, 6) is 0.543. The van der Waals surface area contributed by atoms with E-state index in [9.17, 15) is 4.39 Å². The Morgan fingerprint density at radius 2 is 2.00 bits per heavy atom. The van der Waals surface area contributed by atoms with Gasteiger partial charge in [-0.2, -0.15) is 0 Å². The van der Waals surface area contributed by atoms with E-state index in [0.29, 0.717) is 11.1 Å². The largest absolute Gasteiger partial charge is 0.489 e. The van der Waals surface area contributed by atoms with Crippen molar-refractivity contribution >= 4 is 15.9 Å². The Balaban J connectivity index is 2.09. The first kappa shape index (κ1) is 15.0. The third kappa shape index (κ3) is 3.58. The average molecular weight is 338 g/mol. The highest BCUT2D eigenvalue weighted by molar-refractivity contribution is 9.10. The molecule has 0 amide bonds. The van der Waals surface area contributed by atoms with Gasteiger partial charge in [0.15, 0.2) is 0 Å². The predicted octanol–water partition coefficient (Wildman–Crippen LogP) is 4.50. The average Bonchev–Trinajstić information content (AvgIpc) is 2.41. The Morgan fingerprint density at radius 3 is 2.60 bits per heavy atom. The summed E-state index contributed by atoms with van der Waals surface area (Å²) >= 11 is 3.17. The minimum Gasteiger partial charge on any atom is -0.489 e. The molecule has 0 aliphatic rings. The number of hydrogen-bond acceptors (Lipinski definition) is 2. The van der Waals surface area contributed by atoms with Crippen LogP contribution in [-0.2, 0) is 6.61 Å². The molecule has 0 saturated heterocycles. The molecule has 2 nitrogen and oxygen atoms in total. The van der Waals surface area contributed by atoms with Crippen molar-refractivity contribution in [1.29, 1.82) is 0 Å². The van der Waals surface area contributed by atoms with Crippen LogP contribution in [-0.4, -0.2) is 0 Å². The zero-order valence-electron chi connectivity index (χ0n) is 11.5. The first-order valence-electron chi connectivity index (χ1n) is 6.40. The molecule has 0 fully saturated rings. The van der Waals surface area contributed by atoms with Gasteiger partial charge in [-0.15, -0.1) is 0 Å². The second-order valence-electron chi connectivity index (χ2n) is 4.85. The Kier molecular flexibility index (Phi) is 4.78. The summed E-state index contributed by atoms with van der Waals surface area (Å²) in [5.41, 5.74) is 8.88. The SMILES string of the molecule is Cc1cc(C(C)N)ccc1OCc1ccc(F)c(Br)c1. The molecule has 2 aromatic carbocycles. The summed E-state index contributed by atoms with van der Waals surface area (Å²) in [5, 5.41) is 0. The lowest BCUT2D eigenvalue weighted by atomic mass is 10.1. The number of benzene rings is 2. The lowest BCUT2D eigenvalue weighted by Gasteiger charge is -2.12. The molecule has 0 bridgehead atoms. The van der Waals surface area contributed by atoms with Crippen LogP contribution in [0.2, 0.25) is 0 Å². The highest BCUT2D eigenvalue weighted by atomic mass is 79.9. The van der Waals surface area contributed by atoms with Crippen molar-refractivity contribution < 1.29 is 9.13 Å². The maximum absolute atomic E-state index is 13.1. The lowest BCUT2D eigenvalue weighted by molar-refractivity contribution is 0.303. The number of aryl methyl sites for hydroxylation is 1. The van der Waals surface area contributed by atoms with Crippen LogP contribution in [0.1, 0.15) is 29.7 Å². The van der Waals surface area contributed by atoms with Crippen molar-refractivity contribution in [2.75, 3.05) is 0 Å². The number of halogens is 2. The molecule has 0 radical (unpaired) electrons. The van der Waals surface area contributed by atoms with E-state index in [1.54, 1.807) is 12.1 Å². The normalized spacial score (nSPS) is 12.2. The van der Waals surface area contributed by atoms with Gasteiger partial charge in [-0.3, -0.25) is 0 Å². The topological polar surface area (TPSA) is 35.2 Å². The fourth-order valence-electron chi connectivity index (χ4n) is 1.91. The van der Waals surface area contributed by atoms with Crippen LogP contribution in [0.25, 0.3) is 0 Å². The molecule has 0 aromatic heterocycles. The van der Waals surface area contributed by atoms with Gasteiger partial charge in [0.05, 0.1) is 4.47 Å². The van der Waals surface area contributed by atoms with Crippen LogP contribution in [0.15, 0.2) is 40.9 Å². The van der Waals surface area contributed by atoms with Crippen molar-refractivity contribution in [1.82, 2.24) is 0 Å². The minimum atomic E-state index is -0.272. The van der Waals surface area contributed by atoms with Gasteiger partial charge < -0.3 is 10.5 Å². The molecule has 2 N–H and O–H groups in total. The highest BCUT2D eigenvalue weighted by Gasteiger charge is 2.06. The van der Waals surface area contributed by atoms with E-state index >= 15 is 0 Å². The predicted molar refractivity (Wildman–Crippen MR) is 82.2 cm³/mol. The molecule has 0 saturated carbocycles. The summed E-state index contributed by atoms with van der Waals surface area (Å²) in [6, 6.07) is 10.8. The van der Waals surface area contributed by atoms with Crippen LogP contribution in [0.4, 0.5) is 4.39 Å². The number of rotatable bonds is 4. The highest BCUT2D eigenvalue weighted by Crippen LogP contribution is 2.23. The Labute approximate surface area is 126 Å². The van der Waals surface area contributed by atoms with Gasteiger partial charge in [0.25, 0.3) is 0 Å². The van der Waals surface area contributed by atoms with Crippen molar-refractivity contribution in [3.63, 3.8) is 0 Å². The van der Waals surface area contributed by atoms with Gasteiger partial charge in [-0.25, -0.2) is 4.39 Å². The van der Waals surface area contributed by atoms with E-state index in [1.165, 1.54) is 6.07 Å². The Morgan fingerprint density at radius 1 is 1.25 bits per heavy atom. The lowest BCUT2D eigenvalue weighted by Crippen LogP contribution is -2.05. The zero-order chi connectivity index (χ0) is 14.7. The fourth-order valence-corrected chi connectivity index (χ4v) is 2.33. The third-order valence-electron chi connectivity index (χ3n) is 3.10. The molecule has 4 heteroatoms. The Bertz CT molecular complexity index is 613. The van der Waals surface area contributed by atoms with Crippen molar-refractivity contribution in [2.45, 2.75) is 26.5 Å². The van der Waals surface area contributed by atoms with E-state index < -0.39 is 0 Å². The Hall–Kier alpha value is -1.39. The molecule has 106 valence electrons. The van der Waals surface area contributed by atoms with Crippen molar-refractivity contribution in [3.05, 3.63) is 63.4 Å². The van der Waals surface area contributed by atoms with Crippen LogP contribution < -0.4 is 10.5 Å². The molecule has 0 spiro atoms. The molecule has 0 heterocycles. The van der Waals surface area contributed by atoms with Gasteiger partial charge in [0.2, 0.25) is 0 Å². The summed E-state index contributed by atoms with van der Waals surface area (Å²) in [6.45, 7) is 4.34. The van der Waals surface area contributed by atoms with Crippen LogP contribution in [0.3, 0.4) is 0 Å². The van der Waals surface area contributed by atoms with Gasteiger partial charge in [0.1, 0.15) is 18.2 Å². The second kappa shape index (κ2) is 6.37. The third-order valence-corrected chi connectivity index (χ3v) is 3.71. The molecule has 1 unspecified atom stereocenters. The van der Waals surface area contributed by atoms with E-state index in [4.69, 9.17) is 10.5 Å². The minimum absolute atomic E-state index is 0.0100. The molecule has 2 rings (SSSR count). The molecular formula is C16H17BrFNO. The maximum atomic E-state index is 13.1. The van der Waals surface area contributed by atoms with E-state index in [1.807, 2.05) is 32.0 Å². The molecule has 0 aliphatic carbocycles. The molecular weight excluding hydrogens is 321 g/mol. The summed E-state index contributed by atoms with van der Waals surface area (Å²) < 4.78 is 19.4. The molecule has 1 atom stereocenters. The number of nitrogens with two attached hydrogens (primary N) is 1. The van der Waals surface area contributed by atoms with Crippen LogP contribution in [0, 0.1) is 12.7 Å². The zero-order valence-corrected chi connectivity index (χ0v) is 13.1. The molecule has 0 aliphatic heterocycles. The fraction of sp³-hybridized carbons (Fsp3) is 0.250. The van der Waals surface area contributed by atoms with E-state index in [-0.39, 0.29) is 11.9 Å². The molecule has 20 heavy (non-hydrogen) atoms. The van der Waals surface area contributed by atoms with E-state index in [0.717, 1.165) is 22.4 Å². The number of ether oxygens (including phenoxy) is 1. The van der Waals surface area contributed by atoms with Gasteiger partial charge in [-0.05, 0) is 64.7 Å². The van der Waals surface area contributed by atoms with E-state index in [2.05, 4.69) is 15.9 Å². The summed E-state index contributed by atoms with van der Waals surface area (Å²) in [7, 11) is 0. The smallest absolute Gasteiger partial charge is 0.137 e. The van der Waals surface area contributed by atoms with Crippen LogP contribution >= 0.6 is 15.9 Å². The summed E-state index contributed by atoms with van der Waals surface area (Å²) in [4.78, 5) is 0. The summed E-state index contributed by atoms with van der Waals surface area (Å²) in [6.07, 6.45) is 0. The van der Waals surface area contributed by atoms with Gasteiger partial charge >= 0.3 is 0 Å². The van der Waals surface area contributed by atoms with Crippen LogP contribution in [0.5, 0.6) is 5.75 Å². The first-order valence-corrected chi connectivity index (χ1v) is 7.19. The maximum Gasteiger partial charge on any atom is 0.137 e. The monoisotopic (exact) mass is 337 g/mol. The van der Waals surface area contributed by atoms with Gasteiger partial charge in [-0.1, -0.05) is 18.2 Å². The van der Waals surface area contributed by atoms with Crippen molar-refractivity contribution in [2.24, 2.45) is 5.73 Å². The second-order valence-corrected chi connectivity index (χ2v) is 5.71. The quantitative estimate of drug-likeness (QED) is 0.891. The standard InChI is InChI=1S/C16H17BrFNO/c1-10-7-13(11(2)19)4-6-16(10)20-9-12-3-5-15(18)14(17)8-12/h3-8,11H,9,19H2,1-2H3. The van der Waals surface area contributed by atoms with Gasteiger partial charge in [0, 0.05) is 6.04 Å². The molecule has 2 aromatic rings.